The van der Waals surface area contributed by atoms with Crippen molar-refractivity contribution in [1.82, 2.24) is 4.90 Å². The van der Waals surface area contributed by atoms with Gasteiger partial charge in [0.05, 0.1) is 6.10 Å². The van der Waals surface area contributed by atoms with Gasteiger partial charge in [0.25, 0.3) is 0 Å². The smallest absolute Gasteiger partial charge is 0.0787 e. The summed E-state index contributed by atoms with van der Waals surface area (Å²) in [7, 11) is 2.18. The molecular formula is C15H24N2O. The summed E-state index contributed by atoms with van der Waals surface area (Å²) in [5.41, 5.74) is 2.28. The number of nitrogens with zero attached hydrogens (tertiary/aromatic N) is 2. The highest BCUT2D eigenvalue weighted by molar-refractivity contribution is 5.49. The van der Waals surface area contributed by atoms with Gasteiger partial charge in [0.1, 0.15) is 0 Å². The van der Waals surface area contributed by atoms with Crippen molar-refractivity contribution in [1.29, 1.82) is 0 Å². The van der Waals surface area contributed by atoms with Crippen LogP contribution in [-0.4, -0.2) is 42.7 Å². The van der Waals surface area contributed by atoms with Gasteiger partial charge < -0.3 is 14.9 Å². The van der Waals surface area contributed by atoms with E-state index in [1.165, 1.54) is 5.69 Å². The molecule has 1 N–H and O–H groups in total. The van der Waals surface area contributed by atoms with Crippen LogP contribution in [0.5, 0.6) is 0 Å². The molecule has 1 heterocycles. The highest BCUT2D eigenvalue weighted by Gasteiger charge is 2.21. The van der Waals surface area contributed by atoms with Crippen LogP contribution in [0.4, 0.5) is 5.69 Å². The van der Waals surface area contributed by atoms with Crippen molar-refractivity contribution in [2.24, 2.45) is 0 Å². The third-order valence-corrected chi connectivity index (χ3v) is 3.83. The van der Waals surface area contributed by atoms with Gasteiger partial charge in [-0.2, -0.15) is 0 Å². The van der Waals surface area contributed by atoms with Crippen molar-refractivity contribution in [3.63, 3.8) is 0 Å². The van der Waals surface area contributed by atoms with Crippen LogP contribution < -0.4 is 4.90 Å². The van der Waals surface area contributed by atoms with Gasteiger partial charge in [0, 0.05) is 31.4 Å². The molecule has 1 aromatic rings. The zero-order valence-electron chi connectivity index (χ0n) is 11.6. The summed E-state index contributed by atoms with van der Waals surface area (Å²) in [5, 5.41) is 9.80. The van der Waals surface area contributed by atoms with Crippen LogP contribution in [0.15, 0.2) is 24.3 Å². The number of aliphatic hydroxyl groups excluding tert-OH is 1. The van der Waals surface area contributed by atoms with E-state index in [2.05, 4.69) is 48.0 Å². The first-order chi connectivity index (χ1) is 8.61. The minimum absolute atomic E-state index is 0.330. The first-order valence-electron chi connectivity index (χ1n) is 6.85. The lowest BCUT2D eigenvalue weighted by Gasteiger charge is -2.39. The fourth-order valence-corrected chi connectivity index (χ4v) is 2.65. The molecular weight excluding hydrogens is 224 g/mol. The third-order valence-electron chi connectivity index (χ3n) is 3.83. The molecule has 0 radical (unpaired) electrons. The Labute approximate surface area is 110 Å². The molecule has 2 atom stereocenters. The molecule has 1 aliphatic rings. The van der Waals surface area contributed by atoms with E-state index >= 15 is 0 Å². The quantitative estimate of drug-likeness (QED) is 0.889. The SMILES string of the molecule is CCC(O)c1ccc(N2CCN(C)CC2C)cc1. The van der Waals surface area contributed by atoms with E-state index < -0.39 is 0 Å². The molecule has 1 saturated heterocycles. The van der Waals surface area contributed by atoms with Crippen LogP contribution >= 0.6 is 0 Å². The lowest BCUT2D eigenvalue weighted by Crippen LogP contribution is -2.50. The number of likely N-dealkylation sites (N-methyl/N-ethyl adjacent to an activating group) is 1. The second-order valence-electron chi connectivity index (χ2n) is 5.32. The Kier molecular flexibility index (Phi) is 4.25. The third kappa shape index (κ3) is 2.85. The maximum Gasteiger partial charge on any atom is 0.0787 e. The first-order valence-corrected chi connectivity index (χ1v) is 6.85. The standard InChI is InChI=1S/C15H24N2O/c1-4-15(18)13-5-7-14(8-6-13)17-10-9-16(3)11-12(17)2/h5-8,12,15,18H,4,9-11H2,1-3H3. The first kappa shape index (κ1) is 13.4. The van der Waals surface area contributed by atoms with Crippen molar-refractivity contribution in [3.05, 3.63) is 29.8 Å². The summed E-state index contributed by atoms with van der Waals surface area (Å²) in [6.45, 7) is 7.57. The van der Waals surface area contributed by atoms with Gasteiger partial charge in [-0.05, 0) is 38.1 Å². The van der Waals surface area contributed by atoms with Crippen molar-refractivity contribution in [2.45, 2.75) is 32.4 Å². The molecule has 18 heavy (non-hydrogen) atoms. The molecule has 0 bridgehead atoms. The number of anilines is 1. The fourth-order valence-electron chi connectivity index (χ4n) is 2.65. The Morgan fingerprint density at radius 1 is 1.28 bits per heavy atom. The van der Waals surface area contributed by atoms with Gasteiger partial charge in [0.15, 0.2) is 0 Å². The van der Waals surface area contributed by atoms with Crippen LogP contribution in [0, 0.1) is 0 Å². The molecule has 0 spiro atoms. The predicted octanol–water partition coefficient (Wildman–Crippen LogP) is 2.27. The van der Waals surface area contributed by atoms with Crippen LogP contribution in [0.25, 0.3) is 0 Å². The van der Waals surface area contributed by atoms with E-state index in [1.54, 1.807) is 0 Å². The lowest BCUT2D eigenvalue weighted by atomic mass is 10.1. The zero-order chi connectivity index (χ0) is 13.1. The van der Waals surface area contributed by atoms with Gasteiger partial charge in [-0.3, -0.25) is 0 Å². The Hall–Kier alpha value is -1.06. The van der Waals surface area contributed by atoms with E-state index in [9.17, 15) is 5.11 Å². The summed E-state index contributed by atoms with van der Waals surface area (Å²) in [5.74, 6) is 0. The van der Waals surface area contributed by atoms with E-state index in [-0.39, 0.29) is 6.10 Å². The number of aliphatic hydroxyl groups is 1. The van der Waals surface area contributed by atoms with E-state index in [4.69, 9.17) is 0 Å². The molecule has 3 heteroatoms. The summed E-state index contributed by atoms with van der Waals surface area (Å²) >= 11 is 0. The van der Waals surface area contributed by atoms with Crippen molar-refractivity contribution < 1.29 is 5.11 Å². The van der Waals surface area contributed by atoms with Gasteiger partial charge >= 0.3 is 0 Å². The van der Waals surface area contributed by atoms with Gasteiger partial charge in [-0.15, -0.1) is 0 Å². The molecule has 0 saturated carbocycles. The minimum Gasteiger partial charge on any atom is -0.388 e. The second kappa shape index (κ2) is 5.72. The monoisotopic (exact) mass is 248 g/mol. The molecule has 0 aromatic heterocycles. The maximum atomic E-state index is 9.80. The van der Waals surface area contributed by atoms with Gasteiger partial charge in [-0.25, -0.2) is 0 Å². The van der Waals surface area contributed by atoms with Crippen LogP contribution in [0.2, 0.25) is 0 Å². The molecule has 2 rings (SSSR count). The molecule has 1 fully saturated rings. The summed E-state index contributed by atoms with van der Waals surface area (Å²) in [4.78, 5) is 4.82. The van der Waals surface area contributed by atoms with Crippen LogP contribution in [-0.2, 0) is 0 Å². The molecule has 2 unspecified atom stereocenters. The number of benzene rings is 1. The molecule has 1 aromatic carbocycles. The zero-order valence-corrected chi connectivity index (χ0v) is 11.6. The molecule has 100 valence electrons. The minimum atomic E-state index is -0.330. The average Bonchev–Trinajstić information content (AvgIpc) is 2.38. The fraction of sp³-hybridized carbons (Fsp3) is 0.600. The highest BCUT2D eigenvalue weighted by atomic mass is 16.3. The topological polar surface area (TPSA) is 26.7 Å². The normalized spacial score (nSPS) is 23.1. The Morgan fingerprint density at radius 3 is 2.50 bits per heavy atom. The van der Waals surface area contributed by atoms with Crippen molar-refractivity contribution in [3.8, 4) is 0 Å². The predicted molar refractivity (Wildman–Crippen MR) is 76.0 cm³/mol. The molecule has 1 aliphatic heterocycles. The number of rotatable bonds is 3. The highest BCUT2D eigenvalue weighted by Crippen LogP contribution is 2.23. The van der Waals surface area contributed by atoms with Crippen LogP contribution in [0.3, 0.4) is 0 Å². The van der Waals surface area contributed by atoms with Gasteiger partial charge in [-0.1, -0.05) is 19.1 Å². The Balaban J connectivity index is 2.09. The number of hydrogen-bond acceptors (Lipinski definition) is 3. The lowest BCUT2D eigenvalue weighted by molar-refractivity contribution is 0.173. The van der Waals surface area contributed by atoms with Gasteiger partial charge in [0.2, 0.25) is 0 Å². The molecule has 0 aliphatic carbocycles. The summed E-state index contributed by atoms with van der Waals surface area (Å²) in [6, 6.07) is 8.92. The second-order valence-corrected chi connectivity index (χ2v) is 5.32. The molecule has 0 amide bonds. The van der Waals surface area contributed by atoms with Crippen LogP contribution in [0.1, 0.15) is 31.9 Å². The molecule has 3 nitrogen and oxygen atoms in total. The van der Waals surface area contributed by atoms with Crippen molar-refractivity contribution in [2.75, 3.05) is 31.6 Å². The average molecular weight is 248 g/mol. The summed E-state index contributed by atoms with van der Waals surface area (Å²) in [6.07, 6.45) is 0.438. The van der Waals surface area contributed by atoms with E-state index in [1.807, 2.05) is 6.92 Å². The number of piperazine rings is 1. The van der Waals surface area contributed by atoms with Crippen molar-refractivity contribution >= 4 is 5.69 Å². The summed E-state index contributed by atoms with van der Waals surface area (Å²) < 4.78 is 0. The maximum absolute atomic E-state index is 9.80. The Bertz CT molecular complexity index is 377. The number of hydrogen-bond donors (Lipinski definition) is 1. The Morgan fingerprint density at radius 2 is 1.94 bits per heavy atom. The van der Waals surface area contributed by atoms with E-state index in [0.717, 1.165) is 31.6 Å². The van der Waals surface area contributed by atoms with E-state index in [0.29, 0.717) is 6.04 Å². The largest absolute Gasteiger partial charge is 0.388 e.